The van der Waals surface area contributed by atoms with Gasteiger partial charge in [0.1, 0.15) is 11.6 Å². The summed E-state index contributed by atoms with van der Waals surface area (Å²) in [6, 6.07) is 0. The Labute approximate surface area is 240 Å². The summed E-state index contributed by atoms with van der Waals surface area (Å²) >= 11 is 0. The molecule has 2 aliphatic heterocycles. The van der Waals surface area contributed by atoms with Gasteiger partial charge in [-0.1, -0.05) is 45.3 Å². The third-order valence-electron chi connectivity index (χ3n) is 8.42. The van der Waals surface area contributed by atoms with Crippen LogP contribution in [-0.2, 0) is 33.3 Å². The summed E-state index contributed by atoms with van der Waals surface area (Å²) in [7, 11) is 0. The number of ketones is 2. The maximum absolute atomic E-state index is 13.2. The first kappa shape index (κ1) is 32.9. The molecule has 8 heteroatoms. The van der Waals surface area contributed by atoms with Crippen molar-refractivity contribution < 1.29 is 38.4 Å². The molecule has 228 valence electrons. The maximum Gasteiger partial charge on any atom is 0.303 e. The summed E-state index contributed by atoms with van der Waals surface area (Å²) in [5, 5.41) is 8.87. The number of Topliss-reactive ketones (excluding diaryl/α,β-unsaturated/α-hetero) is 2. The molecule has 2 saturated heterocycles. The second-order valence-corrected chi connectivity index (χ2v) is 12.0. The van der Waals surface area contributed by atoms with Gasteiger partial charge in [0.2, 0.25) is 0 Å². The minimum absolute atomic E-state index is 0.00768. The monoisotopic (exact) mass is 564 g/mol. The van der Waals surface area contributed by atoms with Gasteiger partial charge in [-0.3, -0.25) is 14.4 Å². The van der Waals surface area contributed by atoms with Crippen LogP contribution < -0.4 is 0 Å². The quantitative estimate of drug-likeness (QED) is 0.151. The van der Waals surface area contributed by atoms with E-state index in [-0.39, 0.29) is 61.5 Å². The van der Waals surface area contributed by atoms with Crippen LogP contribution in [0.15, 0.2) is 12.2 Å². The minimum Gasteiger partial charge on any atom is -0.481 e. The highest BCUT2D eigenvalue weighted by Crippen LogP contribution is 2.37. The van der Waals surface area contributed by atoms with Gasteiger partial charge in [0.15, 0.2) is 12.6 Å². The lowest BCUT2D eigenvalue weighted by Gasteiger charge is -2.30. The molecule has 1 N–H and O–H groups in total. The van der Waals surface area contributed by atoms with Gasteiger partial charge in [-0.2, -0.15) is 0 Å². The first-order valence-electron chi connectivity index (χ1n) is 15.8. The van der Waals surface area contributed by atoms with E-state index in [9.17, 15) is 14.4 Å². The summed E-state index contributed by atoms with van der Waals surface area (Å²) in [4.78, 5) is 36.9. The topological polar surface area (TPSA) is 108 Å². The number of hydrogen-bond acceptors (Lipinski definition) is 7. The Morgan fingerprint density at radius 1 is 1.02 bits per heavy atom. The molecule has 0 radical (unpaired) electrons. The molecule has 40 heavy (non-hydrogen) atoms. The largest absolute Gasteiger partial charge is 0.481 e. The molecule has 0 aromatic heterocycles. The number of aliphatic carboxylic acids is 1. The summed E-state index contributed by atoms with van der Waals surface area (Å²) in [5.74, 6) is -0.972. The van der Waals surface area contributed by atoms with Crippen LogP contribution in [0.5, 0.6) is 0 Å². The molecule has 0 bridgehead atoms. The van der Waals surface area contributed by atoms with E-state index in [1.54, 1.807) is 0 Å². The summed E-state index contributed by atoms with van der Waals surface area (Å²) in [6.45, 7) is 5.85. The highest BCUT2D eigenvalue weighted by molar-refractivity contribution is 5.90. The van der Waals surface area contributed by atoms with Crippen LogP contribution in [0.2, 0.25) is 0 Å². The van der Waals surface area contributed by atoms with E-state index in [1.165, 1.54) is 6.42 Å². The second-order valence-electron chi connectivity index (χ2n) is 12.0. The Hall–Kier alpha value is -1.61. The van der Waals surface area contributed by atoms with Gasteiger partial charge < -0.3 is 24.1 Å². The van der Waals surface area contributed by atoms with E-state index in [0.717, 1.165) is 64.4 Å². The molecule has 1 saturated carbocycles. The Balaban J connectivity index is 1.71. The molecule has 3 aliphatic rings. The fraction of sp³-hybridized carbons (Fsp3) is 0.844. The molecule has 0 aromatic rings. The Morgan fingerprint density at radius 3 is 2.38 bits per heavy atom. The molecule has 2 unspecified atom stereocenters. The van der Waals surface area contributed by atoms with E-state index >= 15 is 0 Å². The molecule has 8 nitrogen and oxygen atoms in total. The third-order valence-corrected chi connectivity index (χ3v) is 8.42. The number of carboxylic acid groups (broad SMARTS) is 1. The predicted octanol–water partition coefficient (Wildman–Crippen LogP) is 6.39. The average Bonchev–Trinajstić information content (AvgIpc) is 3.22. The number of rotatable bonds is 18. The molecule has 0 aromatic carbocycles. The third kappa shape index (κ3) is 11.7. The van der Waals surface area contributed by atoms with Crippen molar-refractivity contribution in [3.8, 4) is 0 Å². The van der Waals surface area contributed by atoms with Crippen LogP contribution in [0, 0.1) is 17.8 Å². The summed E-state index contributed by atoms with van der Waals surface area (Å²) in [6.07, 6.45) is 15.2. The van der Waals surface area contributed by atoms with Crippen LogP contribution in [0.25, 0.3) is 0 Å². The number of carboxylic acids is 1. The van der Waals surface area contributed by atoms with Crippen molar-refractivity contribution in [1.29, 1.82) is 0 Å². The van der Waals surface area contributed by atoms with E-state index in [0.29, 0.717) is 31.8 Å². The maximum atomic E-state index is 13.2. The Bertz CT molecular complexity index is 799. The summed E-state index contributed by atoms with van der Waals surface area (Å²) < 4.78 is 24.5. The first-order chi connectivity index (χ1) is 19.4. The Kier molecular flexibility index (Phi) is 14.8. The van der Waals surface area contributed by atoms with Crippen molar-refractivity contribution in [3.63, 3.8) is 0 Å². The van der Waals surface area contributed by atoms with Crippen molar-refractivity contribution in [2.75, 3.05) is 13.2 Å². The molecule has 0 spiro atoms. The molecule has 2 heterocycles. The van der Waals surface area contributed by atoms with Crippen LogP contribution >= 0.6 is 0 Å². The van der Waals surface area contributed by atoms with Gasteiger partial charge in [-0.25, -0.2) is 0 Å². The van der Waals surface area contributed by atoms with E-state index in [2.05, 4.69) is 26.0 Å². The highest BCUT2D eigenvalue weighted by atomic mass is 16.7. The zero-order valence-corrected chi connectivity index (χ0v) is 24.7. The van der Waals surface area contributed by atoms with E-state index in [4.69, 9.17) is 24.1 Å². The van der Waals surface area contributed by atoms with Crippen LogP contribution in [0.4, 0.5) is 0 Å². The zero-order valence-electron chi connectivity index (χ0n) is 24.7. The number of ether oxygens (including phenoxy) is 4. The normalized spacial score (nSPS) is 29.1. The van der Waals surface area contributed by atoms with Crippen molar-refractivity contribution in [1.82, 2.24) is 0 Å². The zero-order chi connectivity index (χ0) is 28.7. The smallest absolute Gasteiger partial charge is 0.303 e. The van der Waals surface area contributed by atoms with Gasteiger partial charge in [0, 0.05) is 50.7 Å². The molecule has 1 aliphatic carbocycles. The number of carbonyl (C=O) groups excluding carboxylic acids is 2. The molecule has 7 atom stereocenters. The lowest BCUT2D eigenvalue weighted by molar-refractivity contribution is -0.192. The molecular formula is C32H52O8. The van der Waals surface area contributed by atoms with Crippen LogP contribution in [0.3, 0.4) is 0 Å². The predicted molar refractivity (Wildman–Crippen MR) is 152 cm³/mol. The lowest BCUT2D eigenvalue weighted by atomic mass is 9.87. The second kappa shape index (κ2) is 18.0. The van der Waals surface area contributed by atoms with Gasteiger partial charge in [-0.15, -0.1) is 0 Å². The number of hydrogen-bond donors (Lipinski definition) is 1. The Morgan fingerprint density at radius 2 is 1.73 bits per heavy atom. The standard InChI is InChI=1S/C32H52O8/c1-3-4-11-23(2)20-25(39-31-14-7-9-18-37-31)16-17-26-27(21-24(33)12-5-6-13-30(35)36)28(34)22-29(26)40-32-15-8-10-19-38-32/h16-17,23,25-27,29,31-32H,3-15,18-22H2,1-2H3,(H,35,36)/b17-16+/t23-,25+,26+,27+,29+,31?,32?/m0/s1. The molecule has 3 fully saturated rings. The fourth-order valence-corrected chi connectivity index (χ4v) is 6.08. The van der Waals surface area contributed by atoms with E-state index < -0.39 is 11.9 Å². The minimum atomic E-state index is -0.854. The SMILES string of the molecule is CCCC[C@H](C)C[C@@H](/C=C/[C@H]1[C@H](OC2CCCCO2)CC(=O)[C@@H]1CC(=O)CCCCC(=O)O)OC1CCCCO1. The molecule has 3 rings (SSSR count). The van der Waals surface area contributed by atoms with Gasteiger partial charge in [-0.05, 0) is 63.7 Å². The summed E-state index contributed by atoms with van der Waals surface area (Å²) in [5.41, 5.74) is 0. The first-order valence-corrected chi connectivity index (χ1v) is 15.8. The molecular weight excluding hydrogens is 512 g/mol. The van der Waals surface area contributed by atoms with Crippen molar-refractivity contribution in [2.24, 2.45) is 17.8 Å². The average molecular weight is 565 g/mol. The van der Waals surface area contributed by atoms with Gasteiger partial charge >= 0.3 is 5.97 Å². The van der Waals surface area contributed by atoms with Crippen molar-refractivity contribution >= 4 is 17.5 Å². The fourth-order valence-electron chi connectivity index (χ4n) is 6.08. The van der Waals surface area contributed by atoms with Crippen LogP contribution in [-0.4, -0.2) is 60.6 Å². The lowest BCUT2D eigenvalue weighted by Crippen LogP contribution is -2.31. The molecule has 0 amide bonds. The van der Waals surface area contributed by atoms with E-state index in [1.807, 2.05) is 0 Å². The van der Waals surface area contributed by atoms with Gasteiger partial charge in [0.05, 0.1) is 12.2 Å². The number of carbonyl (C=O) groups is 3. The highest BCUT2D eigenvalue weighted by Gasteiger charge is 2.43. The van der Waals surface area contributed by atoms with Crippen molar-refractivity contribution in [3.05, 3.63) is 12.2 Å². The van der Waals surface area contributed by atoms with Crippen molar-refractivity contribution in [2.45, 2.75) is 141 Å². The van der Waals surface area contributed by atoms with Crippen LogP contribution in [0.1, 0.15) is 117 Å². The number of unbranched alkanes of at least 4 members (excludes halogenated alkanes) is 2. The van der Waals surface area contributed by atoms with Gasteiger partial charge in [0.25, 0.3) is 0 Å².